The van der Waals surface area contributed by atoms with Crippen molar-refractivity contribution in [1.29, 1.82) is 0 Å². The van der Waals surface area contributed by atoms with Crippen LogP contribution >= 0.6 is 0 Å². The zero-order valence-electron chi connectivity index (χ0n) is 15.6. The minimum absolute atomic E-state index is 0.250. The second kappa shape index (κ2) is 8.05. The molecule has 0 bridgehead atoms. The van der Waals surface area contributed by atoms with E-state index in [2.05, 4.69) is 24.0 Å². The van der Waals surface area contributed by atoms with Crippen molar-refractivity contribution in [2.75, 3.05) is 0 Å². The lowest BCUT2D eigenvalue weighted by molar-refractivity contribution is 0.306. The minimum Gasteiger partial charge on any atom is -0.488 e. The van der Waals surface area contributed by atoms with E-state index in [1.165, 1.54) is 17.7 Å². The average molecular weight is 369 g/mol. The number of benzene rings is 4. The topological polar surface area (TPSA) is 21.6 Å². The monoisotopic (exact) mass is 369 g/mol. The number of hydrogen-bond donors (Lipinski definition) is 0. The first kappa shape index (κ1) is 17.9. The summed E-state index contributed by atoms with van der Waals surface area (Å²) in [6.45, 7) is 2.42. The van der Waals surface area contributed by atoms with E-state index in [9.17, 15) is 4.39 Å². The maximum Gasteiger partial charge on any atom is 0.129 e. The van der Waals surface area contributed by atoms with Crippen molar-refractivity contribution in [2.24, 2.45) is 4.99 Å². The molecule has 0 saturated carbocycles. The molecule has 0 unspecified atom stereocenters. The molecule has 4 aromatic rings. The molecular formula is C25H20FNO. The molecule has 0 aliphatic heterocycles. The smallest absolute Gasteiger partial charge is 0.129 e. The zero-order chi connectivity index (χ0) is 19.3. The van der Waals surface area contributed by atoms with E-state index in [1.54, 1.807) is 12.1 Å². The van der Waals surface area contributed by atoms with Crippen molar-refractivity contribution in [3.05, 3.63) is 107 Å². The number of ether oxygens (including phenoxy) is 1. The third-order valence-electron chi connectivity index (χ3n) is 4.61. The maximum atomic E-state index is 13.1. The Morgan fingerprint density at radius 1 is 0.857 bits per heavy atom. The van der Waals surface area contributed by atoms with Crippen molar-refractivity contribution >= 4 is 22.7 Å². The van der Waals surface area contributed by atoms with Crippen LogP contribution < -0.4 is 4.74 Å². The van der Waals surface area contributed by atoms with Gasteiger partial charge in [-0.15, -0.1) is 0 Å². The maximum absolute atomic E-state index is 13.1. The minimum atomic E-state index is -0.250. The fraction of sp³-hybridized carbons (Fsp3) is 0.0800. The van der Waals surface area contributed by atoms with Gasteiger partial charge in [-0.05, 0) is 53.6 Å². The molecule has 0 heterocycles. The van der Waals surface area contributed by atoms with Crippen LogP contribution in [-0.2, 0) is 6.61 Å². The number of rotatable bonds is 5. The van der Waals surface area contributed by atoms with E-state index < -0.39 is 0 Å². The van der Waals surface area contributed by atoms with Crippen LogP contribution in [0, 0.1) is 12.7 Å². The van der Waals surface area contributed by atoms with Crippen molar-refractivity contribution in [3.63, 3.8) is 0 Å². The van der Waals surface area contributed by atoms with Gasteiger partial charge in [-0.25, -0.2) is 4.39 Å². The predicted molar refractivity (Wildman–Crippen MR) is 113 cm³/mol. The largest absolute Gasteiger partial charge is 0.488 e. The van der Waals surface area contributed by atoms with Crippen molar-refractivity contribution in [3.8, 4) is 5.75 Å². The van der Waals surface area contributed by atoms with E-state index in [4.69, 9.17) is 4.74 Å². The van der Waals surface area contributed by atoms with Crippen LogP contribution in [0.3, 0.4) is 0 Å². The lowest BCUT2D eigenvalue weighted by Crippen LogP contribution is -1.99. The highest BCUT2D eigenvalue weighted by molar-refractivity contribution is 6.03. The van der Waals surface area contributed by atoms with Gasteiger partial charge in [-0.3, -0.25) is 4.99 Å². The van der Waals surface area contributed by atoms with E-state index in [1.807, 2.05) is 54.7 Å². The molecule has 3 heteroatoms. The molecule has 4 aromatic carbocycles. The summed E-state index contributed by atoms with van der Waals surface area (Å²) in [5.41, 5.74) is 3.94. The van der Waals surface area contributed by atoms with Crippen LogP contribution in [0.1, 0.15) is 16.7 Å². The number of aryl methyl sites for hydroxylation is 1. The first-order valence-corrected chi connectivity index (χ1v) is 9.19. The Labute approximate surface area is 163 Å². The summed E-state index contributed by atoms with van der Waals surface area (Å²) in [7, 11) is 0. The molecule has 0 saturated heterocycles. The van der Waals surface area contributed by atoms with Gasteiger partial charge in [0.1, 0.15) is 18.2 Å². The van der Waals surface area contributed by atoms with Gasteiger partial charge in [0.25, 0.3) is 0 Å². The Bertz CT molecular complexity index is 1120. The number of aliphatic imine (C=N–C) groups is 1. The van der Waals surface area contributed by atoms with Gasteiger partial charge < -0.3 is 4.74 Å². The van der Waals surface area contributed by atoms with Gasteiger partial charge >= 0.3 is 0 Å². The Balaban J connectivity index is 1.68. The average Bonchev–Trinajstić information content (AvgIpc) is 2.73. The highest BCUT2D eigenvalue weighted by atomic mass is 19.1. The molecule has 0 aliphatic carbocycles. The standard InChI is InChI=1S/C25H20FNO/c1-18-6-13-22(14-7-18)27-16-24-23-5-3-2-4-20(23)10-15-25(24)28-17-19-8-11-21(26)12-9-19/h2-16H,17H2,1H3. The summed E-state index contributed by atoms with van der Waals surface area (Å²) >= 11 is 0. The molecule has 2 nitrogen and oxygen atoms in total. The second-order valence-electron chi connectivity index (χ2n) is 6.71. The third-order valence-corrected chi connectivity index (χ3v) is 4.61. The lowest BCUT2D eigenvalue weighted by atomic mass is 10.0. The fourth-order valence-electron chi connectivity index (χ4n) is 3.05. The quantitative estimate of drug-likeness (QED) is 0.362. The number of hydrogen-bond acceptors (Lipinski definition) is 2. The molecule has 0 aliphatic rings. The summed E-state index contributed by atoms with van der Waals surface area (Å²) in [6, 6.07) is 26.6. The van der Waals surface area contributed by atoms with Crippen molar-refractivity contribution < 1.29 is 9.13 Å². The lowest BCUT2D eigenvalue weighted by Gasteiger charge is -2.12. The van der Waals surface area contributed by atoms with E-state index in [0.29, 0.717) is 6.61 Å². The number of nitrogens with zero attached hydrogens (tertiary/aromatic N) is 1. The number of fused-ring (bicyclic) bond motifs is 1. The molecule has 0 N–H and O–H groups in total. The highest BCUT2D eigenvalue weighted by Crippen LogP contribution is 2.28. The summed E-state index contributed by atoms with van der Waals surface area (Å²) in [5, 5.41) is 2.21. The molecule has 0 fully saturated rings. The van der Waals surface area contributed by atoms with Gasteiger partial charge in [0.2, 0.25) is 0 Å². The van der Waals surface area contributed by atoms with Crippen LogP contribution in [0.15, 0.2) is 89.9 Å². The molecule has 138 valence electrons. The van der Waals surface area contributed by atoms with Crippen molar-refractivity contribution in [1.82, 2.24) is 0 Å². The van der Waals surface area contributed by atoms with Crippen LogP contribution in [0.5, 0.6) is 5.75 Å². The Kier molecular flexibility index (Phi) is 5.16. The summed E-state index contributed by atoms with van der Waals surface area (Å²) in [4.78, 5) is 4.64. The van der Waals surface area contributed by atoms with Crippen LogP contribution in [-0.4, -0.2) is 6.21 Å². The molecular weight excluding hydrogens is 349 g/mol. The van der Waals surface area contributed by atoms with Gasteiger partial charge in [0, 0.05) is 11.8 Å². The molecule has 4 rings (SSSR count). The SMILES string of the molecule is Cc1ccc(N=Cc2c(OCc3ccc(F)cc3)ccc3ccccc23)cc1. The summed E-state index contributed by atoms with van der Waals surface area (Å²) < 4.78 is 19.2. The first-order valence-electron chi connectivity index (χ1n) is 9.19. The Morgan fingerprint density at radius 2 is 1.61 bits per heavy atom. The third kappa shape index (κ3) is 4.09. The second-order valence-corrected chi connectivity index (χ2v) is 6.71. The van der Waals surface area contributed by atoms with Crippen LogP contribution in [0.25, 0.3) is 10.8 Å². The van der Waals surface area contributed by atoms with Crippen LogP contribution in [0.2, 0.25) is 0 Å². The number of halogens is 1. The van der Waals surface area contributed by atoms with E-state index in [0.717, 1.165) is 33.3 Å². The van der Waals surface area contributed by atoms with Gasteiger partial charge in [0.05, 0.1) is 5.69 Å². The molecule has 0 atom stereocenters. The van der Waals surface area contributed by atoms with Gasteiger partial charge in [-0.1, -0.05) is 60.2 Å². The predicted octanol–water partition coefficient (Wildman–Crippen LogP) is 6.62. The van der Waals surface area contributed by atoms with Gasteiger partial charge in [0.15, 0.2) is 0 Å². The molecule has 0 radical (unpaired) electrons. The van der Waals surface area contributed by atoms with E-state index in [-0.39, 0.29) is 5.82 Å². The highest BCUT2D eigenvalue weighted by Gasteiger charge is 2.08. The summed E-state index contributed by atoms with van der Waals surface area (Å²) in [6.07, 6.45) is 1.85. The molecule has 28 heavy (non-hydrogen) atoms. The molecule has 0 spiro atoms. The van der Waals surface area contributed by atoms with Crippen LogP contribution in [0.4, 0.5) is 10.1 Å². The van der Waals surface area contributed by atoms with Crippen molar-refractivity contribution in [2.45, 2.75) is 13.5 Å². The first-order chi connectivity index (χ1) is 13.7. The molecule has 0 amide bonds. The van der Waals surface area contributed by atoms with E-state index >= 15 is 0 Å². The fourth-order valence-corrected chi connectivity index (χ4v) is 3.05. The molecule has 0 aromatic heterocycles. The normalized spacial score (nSPS) is 11.2. The Morgan fingerprint density at radius 3 is 2.39 bits per heavy atom. The Hall–Kier alpha value is -3.46. The summed E-state index contributed by atoms with van der Waals surface area (Å²) in [5.74, 6) is 0.499. The van der Waals surface area contributed by atoms with Gasteiger partial charge in [-0.2, -0.15) is 0 Å². The zero-order valence-corrected chi connectivity index (χ0v) is 15.6.